The summed E-state index contributed by atoms with van der Waals surface area (Å²) in [5.74, 6) is 0.721. The molecule has 1 aliphatic heterocycles. The topological polar surface area (TPSA) is 23.5 Å². The predicted molar refractivity (Wildman–Crippen MR) is 78.3 cm³/mol. The summed E-state index contributed by atoms with van der Waals surface area (Å²) in [5.41, 5.74) is 1.49. The van der Waals surface area contributed by atoms with E-state index in [9.17, 15) is 5.11 Å². The van der Waals surface area contributed by atoms with Crippen molar-refractivity contribution in [2.24, 2.45) is 0 Å². The third kappa shape index (κ3) is 3.01. The summed E-state index contributed by atoms with van der Waals surface area (Å²) in [7, 11) is 0. The van der Waals surface area contributed by atoms with Crippen LogP contribution in [0.15, 0.2) is 30.3 Å². The summed E-state index contributed by atoms with van der Waals surface area (Å²) in [6, 6.07) is 11.3. The number of benzene rings is 1. The molecule has 2 heteroatoms. The first-order chi connectivity index (χ1) is 9.34. The first kappa shape index (κ1) is 13.1. The Balaban J connectivity index is 1.57. The van der Waals surface area contributed by atoms with Crippen molar-refractivity contribution in [3.05, 3.63) is 35.9 Å². The predicted octanol–water partition coefficient (Wildman–Crippen LogP) is 3.17. The van der Waals surface area contributed by atoms with Crippen molar-refractivity contribution in [2.75, 3.05) is 13.1 Å². The Kier molecular flexibility index (Phi) is 4.19. The van der Waals surface area contributed by atoms with E-state index in [0.717, 1.165) is 25.4 Å². The van der Waals surface area contributed by atoms with Gasteiger partial charge in [0.2, 0.25) is 0 Å². The van der Waals surface area contributed by atoms with Crippen LogP contribution >= 0.6 is 0 Å². The smallest absolute Gasteiger partial charge is 0.0695 e. The monoisotopic (exact) mass is 259 g/mol. The summed E-state index contributed by atoms with van der Waals surface area (Å²) in [4.78, 5) is 2.54. The van der Waals surface area contributed by atoms with E-state index in [-0.39, 0.29) is 6.10 Å². The molecule has 104 valence electrons. The minimum atomic E-state index is -0.0815. The van der Waals surface area contributed by atoms with E-state index in [1.165, 1.54) is 37.7 Å². The van der Waals surface area contributed by atoms with Crippen LogP contribution in [0.3, 0.4) is 0 Å². The highest BCUT2D eigenvalue weighted by Crippen LogP contribution is 2.31. The molecule has 3 rings (SSSR count). The van der Waals surface area contributed by atoms with Crippen LogP contribution in [-0.2, 0) is 0 Å². The number of likely N-dealkylation sites (tertiary alicyclic amines) is 1. The molecule has 2 fully saturated rings. The lowest BCUT2D eigenvalue weighted by molar-refractivity contribution is 0.00871. The van der Waals surface area contributed by atoms with Gasteiger partial charge in [-0.2, -0.15) is 0 Å². The first-order valence-electron chi connectivity index (χ1n) is 7.81. The Morgan fingerprint density at radius 3 is 2.26 bits per heavy atom. The van der Waals surface area contributed by atoms with Gasteiger partial charge in [-0.05, 0) is 50.3 Å². The third-order valence-corrected chi connectivity index (χ3v) is 4.96. The van der Waals surface area contributed by atoms with Gasteiger partial charge < -0.3 is 5.11 Å². The lowest BCUT2D eigenvalue weighted by Gasteiger charge is -2.41. The molecule has 1 N–H and O–H groups in total. The molecule has 1 saturated carbocycles. The van der Waals surface area contributed by atoms with Crippen LogP contribution < -0.4 is 0 Å². The molecular weight excluding hydrogens is 234 g/mol. The quantitative estimate of drug-likeness (QED) is 0.882. The van der Waals surface area contributed by atoms with Gasteiger partial charge in [0.15, 0.2) is 0 Å². The van der Waals surface area contributed by atoms with Gasteiger partial charge in [-0.1, -0.05) is 43.2 Å². The number of rotatable bonds is 2. The van der Waals surface area contributed by atoms with Crippen molar-refractivity contribution >= 4 is 0 Å². The molecule has 0 bridgehead atoms. The zero-order valence-electron chi connectivity index (χ0n) is 11.7. The molecule has 1 aromatic carbocycles. The molecule has 1 aromatic rings. The van der Waals surface area contributed by atoms with E-state index in [4.69, 9.17) is 0 Å². The Morgan fingerprint density at radius 2 is 1.58 bits per heavy atom. The zero-order valence-corrected chi connectivity index (χ0v) is 11.7. The minimum absolute atomic E-state index is 0.0815. The third-order valence-electron chi connectivity index (χ3n) is 4.96. The molecule has 1 heterocycles. The van der Waals surface area contributed by atoms with Crippen LogP contribution in [0.25, 0.3) is 0 Å². The SMILES string of the molecule is O[C@@H]1CCCC[C@@H]1N1CCC(c2ccccc2)CC1. The van der Waals surface area contributed by atoms with Crippen molar-refractivity contribution < 1.29 is 5.11 Å². The Morgan fingerprint density at radius 1 is 0.895 bits per heavy atom. The van der Waals surface area contributed by atoms with Gasteiger partial charge >= 0.3 is 0 Å². The van der Waals surface area contributed by atoms with Gasteiger partial charge in [0.25, 0.3) is 0 Å². The highest BCUT2D eigenvalue weighted by Gasteiger charge is 2.31. The largest absolute Gasteiger partial charge is 0.391 e. The summed E-state index contributed by atoms with van der Waals surface area (Å²) in [6.07, 6.45) is 7.10. The van der Waals surface area contributed by atoms with Gasteiger partial charge in [-0.15, -0.1) is 0 Å². The standard InChI is InChI=1S/C17H25NO/c19-17-9-5-4-8-16(17)18-12-10-15(11-13-18)14-6-2-1-3-7-14/h1-3,6-7,15-17,19H,4-5,8-13H2/t16-,17+/m0/s1. The van der Waals surface area contributed by atoms with Gasteiger partial charge in [0.1, 0.15) is 0 Å². The van der Waals surface area contributed by atoms with Crippen LogP contribution in [0.5, 0.6) is 0 Å². The fourth-order valence-corrected chi connectivity index (χ4v) is 3.81. The van der Waals surface area contributed by atoms with Crippen LogP contribution in [-0.4, -0.2) is 35.2 Å². The second-order valence-electron chi connectivity index (χ2n) is 6.14. The number of hydrogen-bond acceptors (Lipinski definition) is 2. The number of aliphatic hydroxyl groups excluding tert-OH is 1. The number of nitrogens with zero attached hydrogens (tertiary/aromatic N) is 1. The van der Waals surface area contributed by atoms with E-state index >= 15 is 0 Å². The van der Waals surface area contributed by atoms with Crippen LogP contribution in [0.1, 0.15) is 50.0 Å². The second kappa shape index (κ2) is 6.06. The van der Waals surface area contributed by atoms with Crippen molar-refractivity contribution in [3.8, 4) is 0 Å². The zero-order chi connectivity index (χ0) is 13.1. The molecule has 0 radical (unpaired) electrons. The summed E-state index contributed by atoms with van der Waals surface area (Å²) < 4.78 is 0. The molecular formula is C17H25NO. The summed E-state index contributed by atoms with van der Waals surface area (Å²) >= 11 is 0. The molecule has 0 spiro atoms. The molecule has 1 saturated heterocycles. The highest BCUT2D eigenvalue weighted by atomic mass is 16.3. The molecule has 0 aromatic heterocycles. The fourth-order valence-electron chi connectivity index (χ4n) is 3.81. The van der Waals surface area contributed by atoms with E-state index in [1.54, 1.807) is 0 Å². The lowest BCUT2D eigenvalue weighted by Crippen LogP contribution is -2.48. The van der Waals surface area contributed by atoms with Gasteiger partial charge in [-0.25, -0.2) is 0 Å². The van der Waals surface area contributed by atoms with E-state index in [0.29, 0.717) is 6.04 Å². The highest BCUT2D eigenvalue weighted by molar-refractivity contribution is 5.20. The number of piperidine rings is 1. The summed E-state index contributed by atoms with van der Waals surface area (Å²) in [5, 5.41) is 10.2. The Hall–Kier alpha value is -0.860. The number of hydrogen-bond donors (Lipinski definition) is 1. The Labute approximate surface area is 116 Å². The van der Waals surface area contributed by atoms with E-state index < -0.39 is 0 Å². The van der Waals surface area contributed by atoms with Crippen LogP contribution in [0.4, 0.5) is 0 Å². The van der Waals surface area contributed by atoms with Gasteiger partial charge in [0.05, 0.1) is 6.10 Å². The van der Waals surface area contributed by atoms with Crippen molar-refractivity contribution in [3.63, 3.8) is 0 Å². The molecule has 2 nitrogen and oxygen atoms in total. The molecule has 1 aliphatic carbocycles. The molecule has 0 amide bonds. The average Bonchev–Trinajstić information content (AvgIpc) is 2.49. The van der Waals surface area contributed by atoms with Crippen molar-refractivity contribution in [1.82, 2.24) is 4.90 Å². The Bertz CT molecular complexity index is 384. The maximum absolute atomic E-state index is 10.2. The van der Waals surface area contributed by atoms with Gasteiger partial charge in [0, 0.05) is 6.04 Å². The van der Waals surface area contributed by atoms with Crippen molar-refractivity contribution in [2.45, 2.75) is 56.6 Å². The lowest BCUT2D eigenvalue weighted by atomic mass is 9.86. The van der Waals surface area contributed by atoms with Crippen molar-refractivity contribution in [1.29, 1.82) is 0 Å². The van der Waals surface area contributed by atoms with E-state index in [2.05, 4.69) is 35.2 Å². The normalized spacial score (nSPS) is 30.4. The minimum Gasteiger partial charge on any atom is -0.391 e. The maximum Gasteiger partial charge on any atom is 0.0695 e. The summed E-state index contributed by atoms with van der Waals surface area (Å²) in [6.45, 7) is 2.31. The molecule has 0 unspecified atom stereocenters. The second-order valence-corrected chi connectivity index (χ2v) is 6.14. The molecule has 2 atom stereocenters. The average molecular weight is 259 g/mol. The van der Waals surface area contributed by atoms with Gasteiger partial charge in [-0.3, -0.25) is 4.90 Å². The molecule has 19 heavy (non-hydrogen) atoms. The van der Waals surface area contributed by atoms with Crippen LogP contribution in [0, 0.1) is 0 Å². The van der Waals surface area contributed by atoms with E-state index in [1.807, 2.05) is 0 Å². The maximum atomic E-state index is 10.2. The molecule has 2 aliphatic rings. The fraction of sp³-hybridized carbons (Fsp3) is 0.647. The first-order valence-corrected chi connectivity index (χ1v) is 7.81. The number of aliphatic hydroxyl groups is 1. The van der Waals surface area contributed by atoms with Crippen LogP contribution in [0.2, 0.25) is 0 Å².